The maximum atomic E-state index is 11.2. The van der Waals surface area contributed by atoms with E-state index in [1.807, 2.05) is 0 Å². The molecule has 0 saturated carbocycles. The summed E-state index contributed by atoms with van der Waals surface area (Å²) < 4.78 is 5.12. The van der Waals surface area contributed by atoms with Gasteiger partial charge in [0.05, 0.1) is 7.11 Å². The van der Waals surface area contributed by atoms with Crippen molar-refractivity contribution in [1.29, 1.82) is 0 Å². The van der Waals surface area contributed by atoms with Crippen molar-refractivity contribution in [2.24, 2.45) is 0 Å². The Bertz CT molecular complexity index is 379. The second kappa shape index (κ2) is 5.72. The summed E-state index contributed by atoms with van der Waals surface area (Å²) in [5, 5.41) is 12.2. The average molecular weight is 244 g/mol. The average Bonchev–Trinajstić information content (AvgIpc) is 2.25. The van der Waals surface area contributed by atoms with Gasteiger partial charge in [-0.05, 0) is 25.1 Å². The highest BCUT2D eigenvalue weighted by molar-refractivity contribution is 6.30. The second-order valence-corrected chi connectivity index (χ2v) is 3.79. The number of hydrogen-bond acceptors (Lipinski definition) is 3. The van der Waals surface area contributed by atoms with Gasteiger partial charge in [-0.3, -0.25) is 4.79 Å². The Morgan fingerprint density at radius 1 is 1.62 bits per heavy atom. The summed E-state index contributed by atoms with van der Waals surface area (Å²) in [6.45, 7) is 1.68. The standard InChI is InChI=1S/C11H14ClNO3/c1-7(14)11(15)13-6-8-5-9(12)3-4-10(8)16-2/h3-5,7,14H,6H2,1-2H3,(H,13,15). The van der Waals surface area contributed by atoms with Crippen LogP contribution in [0.2, 0.25) is 5.02 Å². The van der Waals surface area contributed by atoms with E-state index < -0.39 is 12.0 Å². The molecule has 0 radical (unpaired) electrons. The SMILES string of the molecule is COc1ccc(Cl)cc1CNC(=O)C(C)O. The molecule has 5 heteroatoms. The minimum Gasteiger partial charge on any atom is -0.496 e. The fraction of sp³-hybridized carbons (Fsp3) is 0.364. The van der Waals surface area contributed by atoms with Gasteiger partial charge in [0.2, 0.25) is 5.91 Å². The fourth-order valence-corrected chi connectivity index (χ4v) is 1.41. The van der Waals surface area contributed by atoms with Crippen LogP contribution in [0.5, 0.6) is 5.75 Å². The molecule has 1 amide bonds. The van der Waals surface area contributed by atoms with Gasteiger partial charge in [-0.1, -0.05) is 11.6 Å². The van der Waals surface area contributed by atoms with Crippen molar-refractivity contribution >= 4 is 17.5 Å². The number of carbonyl (C=O) groups is 1. The molecule has 0 fully saturated rings. The highest BCUT2D eigenvalue weighted by Crippen LogP contribution is 2.22. The highest BCUT2D eigenvalue weighted by Gasteiger charge is 2.10. The zero-order valence-electron chi connectivity index (χ0n) is 9.16. The van der Waals surface area contributed by atoms with Gasteiger partial charge in [0.1, 0.15) is 11.9 Å². The number of methoxy groups -OCH3 is 1. The van der Waals surface area contributed by atoms with Crippen molar-refractivity contribution in [1.82, 2.24) is 5.32 Å². The molecule has 0 heterocycles. The van der Waals surface area contributed by atoms with Crippen LogP contribution in [0.3, 0.4) is 0 Å². The summed E-state index contributed by atoms with van der Waals surface area (Å²) in [7, 11) is 1.54. The Morgan fingerprint density at radius 3 is 2.88 bits per heavy atom. The third-order valence-electron chi connectivity index (χ3n) is 2.07. The van der Waals surface area contributed by atoms with Crippen LogP contribution in [-0.4, -0.2) is 24.2 Å². The van der Waals surface area contributed by atoms with Crippen molar-refractivity contribution in [3.63, 3.8) is 0 Å². The van der Waals surface area contributed by atoms with Gasteiger partial charge in [-0.15, -0.1) is 0 Å². The lowest BCUT2D eigenvalue weighted by Crippen LogP contribution is -2.32. The number of rotatable bonds is 4. The van der Waals surface area contributed by atoms with Crippen LogP contribution in [0.25, 0.3) is 0 Å². The summed E-state index contributed by atoms with van der Waals surface area (Å²) >= 11 is 5.83. The van der Waals surface area contributed by atoms with Crippen LogP contribution in [-0.2, 0) is 11.3 Å². The molecular weight excluding hydrogens is 230 g/mol. The zero-order chi connectivity index (χ0) is 12.1. The lowest BCUT2D eigenvalue weighted by molar-refractivity contribution is -0.128. The molecule has 0 aliphatic carbocycles. The normalized spacial score (nSPS) is 12.0. The number of benzene rings is 1. The number of aliphatic hydroxyl groups excluding tert-OH is 1. The van der Waals surface area contributed by atoms with E-state index in [1.54, 1.807) is 25.3 Å². The lowest BCUT2D eigenvalue weighted by Gasteiger charge is -2.11. The monoisotopic (exact) mass is 243 g/mol. The molecule has 0 bridgehead atoms. The Labute approximate surface area is 99.2 Å². The van der Waals surface area contributed by atoms with Crippen LogP contribution in [0.1, 0.15) is 12.5 Å². The van der Waals surface area contributed by atoms with E-state index in [2.05, 4.69) is 5.32 Å². The Balaban J connectivity index is 2.72. The van der Waals surface area contributed by atoms with Gasteiger partial charge in [-0.25, -0.2) is 0 Å². The van der Waals surface area contributed by atoms with Crippen LogP contribution in [0, 0.1) is 0 Å². The van der Waals surface area contributed by atoms with Gasteiger partial charge in [0, 0.05) is 17.1 Å². The van der Waals surface area contributed by atoms with Crippen molar-refractivity contribution in [3.8, 4) is 5.75 Å². The van der Waals surface area contributed by atoms with Gasteiger partial charge in [0.25, 0.3) is 0 Å². The number of nitrogens with one attached hydrogen (secondary N) is 1. The van der Waals surface area contributed by atoms with Crippen molar-refractivity contribution in [2.45, 2.75) is 19.6 Å². The van der Waals surface area contributed by atoms with E-state index in [0.717, 1.165) is 5.56 Å². The Hall–Kier alpha value is -1.26. The van der Waals surface area contributed by atoms with E-state index in [0.29, 0.717) is 10.8 Å². The summed E-state index contributed by atoms with van der Waals surface area (Å²) in [4.78, 5) is 11.2. The van der Waals surface area contributed by atoms with E-state index in [-0.39, 0.29) is 6.54 Å². The lowest BCUT2D eigenvalue weighted by atomic mass is 10.2. The molecular formula is C11H14ClNO3. The maximum Gasteiger partial charge on any atom is 0.248 e. The van der Waals surface area contributed by atoms with E-state index >= 15 is 0 Å². The Kier molecular flexibility index (Phi) is 4.58. The molecule has 4 nitrogen and oxygen atoms in total. The molecule has 1 rings (SSSR count). The van der Waals surface area contributed by atoms with Crippen molar-refractivity contribution < 1.29 is 14.6 Å². The van der Waals surface area contributed by atoms with Crippen LogP contribution < -0.4 is 10.1 Å². The van der Waals surface area contributed by atoms with Gasteiger partial charge in [0.15, 0.2) is 0 Å². The molecule has 0 aromatic heterocycles. The van der Waals surface area contributed by atoms with Gasteiger partial charge < -0.3 is 15.2 Å². The fourth-order valence-electron chi connectivity index (χ4n) is 1.22. The number of aliphatic hydroxyl groups is 1. The molecule has 1 atom stereocenters. The topological polar surface area (TPSA) is 58.6 Å². The van der Waals surface area contributed by atoms with Crippen molar-refractivity contribution in [3.05, 3.63) is 28.8 Å². The smallest absolute Gasteiger partial charge is 0.248 e. The second-order valence-electron chi connectivity index (χ2n) is 3.35. The summed E-state index contributed by atoms with van der Waals surface area (Å²) in [5.74, 6) is 0.220. The minimum atomic E-state index is -1.02. The number of amides is 1. The molecule has 0 saturated heterocycles. The first-order valence-electron chi connectivity index (χ1n) is 4.82. The van der Waals surface area contributed by atoms with Crippen LogP contribution >= 0.6 is 11.6 Å². The molecule has 1 aromatic carbocycles. The zero-order valence-corrected chi connectivity index (χ0v) is 9.91. The first kappa shape index (κ1) is 12.8. The third kappa shape index (κ3) is 3.40. The number of halogens is 1. The first-order chi connectivity index (χ1) is 7.54. The number of carbonyl (C=O) groups excluding carboxylic acids is 1. The number of ether oxygens (including phenoxy) is 1. The van der Waals surface area contributed by atoms with E-state index in [1.165, 1.54) is 6.92 Å². The summed E-state index contributed by atoms with van der Waals surface area (Å²) in [6, 6.07) is 5.15. The molecule has 0 aliphatic heterocycles. The summed E-state index contributed by atoms with van der Waals surface area (Å²) in [6.07, 6.45) is -1.02. The molecule has 2 N–H and O–H groups in total. The minimum absolute atomic E-state index is 0.271. The maximum absolute atomic E-state index is 11.2. The quantitative estimate of drug-likeness (QED) is 0.839. The third-order valence-corrected chi connectivity index (χ3v) is 2.31. The van der Waals surface area contributed by atoms with Gasteiger partial charge >= 0.3 is 0 Å². The Morgan fingerprint density at radius 2 is 2.31 bits per heavy atom. The molecule has 0 aliphatic rings. The largest absolute Gasteiger partial charge is 0.496 e. The summed E-state index contributed by atoms with van der Waals surface area (Å²) in [5.41, 5.74) is 0.768. The molecule has 16 heavy (non-hydrogen) atoms. The predicted octanol–water partition coefficient (Wildman–Crippen LogP) is 1.35. The van der Waals surface area contributed by atoms with E-state index in [9.17, 15) is 4.79 Å². The molecule has 1 aromatic rings. The highest BCUT2D eigenvalue weighted by atomic mass is 35.5. The van der Waals surface area contributed by atoms with Crippen LogP contribution in [0.4, 0.5) is 0 Å². The van der Waals surface area contributed by atoms with Crippen molar-refractivity contribution in [2.75, 3.05) is 7.11 Å². The predicted molar refractivity (Wildman–Crippen MR) is 61.5 cm³/mol. The van der Waals surface area contributed by atoms with Crippen LogP contribution in [0.15, 0.2) is 18.2 Å². The van der Waals surface area contributed by atoms with Gasteiger partial charge in [-0.2, -0.15) is 0 Å². The van der Waals surface area contributed by atoms with E-state index in [4.69, 9.17) is 21.4 Å². The molecule has 0 spiro atoms. The first-order valence-corrected chi connectivity index (χ1v) is 5.20. The molecule has 1 unspecified atom stereocenters. The molecule has 88 valence electrons. The number of hydrogen-bond donors (Lipinski definition) is 2.